The summed E-state index contributed by atoms with van der Waals surface area (Å²) < 4.78 is 1.53. The molecule has 4 rings (SSSR count). The van der Waals surface area contributed by atoms with Crippen molar-refractivity contribution in [3.8, 4) is 0 Å². The van der Waals surface area contributed by atoms with E-state index in [9.17, 15) is 14.4 Å². The lowest BCUT2D eigenvalue weighted by Crippen LogP contribution is -2.41. The Labute approximate surface area is 155 Å². The van der Waals surface area contributed by atoms with Gasteiger partial charge >= 0.3 is 0 Å². The van der Waals surface area contributed by atoms with Crippen molar-refractivity contribution in [2.24, 2.45) is 0 Å². The first kappa shape index (κ1) is 17.0. The number of amides is 1. The summed E-state index contributed by atoms with van der Waals surface area (Å²) in [6, 6.07) is 14.8. The Kier molecular flexibility index (Phi) is 4.46. The molecule has 0 atom stereocenters. The molecular weight excluding hydrogens is 342 g/mol. The summed E-state index contributed by atoms with van der Waals surface area (Å²) >= 11 is 0. The SMILES string of the molecule is O=C(c1cccn(Cc2ccccc2)c1=O)N1CCc2cc[nH]c(=O)c2C1. The number of aromatic nitrogens is 2. The largest absolute Gasteiger partial charge is 0.334 e. The molecule has 0 fully saturated rings. The number of hydrogen-bond acceptors (Lipinski definition) is 3. The average Bonchev–Trinajstić information content (AvgIpc) is 2.70. The van der Waals surface area contributed by atoms with Crippen molar-refractivity contribution in [3.05, 3.63) is 104 Å². The zero-order chi connectivity index (χ0) is 18.8. The minimum atomic E-state index is -0.337. The second-order valence-corrected chi connectivity index (χ2v) is 6.63. The molecule has 0 spiro atoms. The van der Waals surface area contributed by atoms with E-state index in [-0.39, 0.29) is 29.1 Å². The van der Waals surface area contributed by atoms with Gasteiger partial charge in [-0.2, -0.15) is 0 Å². The molecule has 6 heteroatoms. The fourth-order valence-corrected chi connectivity index (χ4v) is 3.43. The van der Waals surface area contributed by atoms with Gasteiger partial charge in [0.1, 0.15) is 5.56 Å². The van der Waals surface area contributed by atoms with Gasteiger partial charge in [-0.3, -0.25) is 14.4 Å². The van der Waals surface area contributed by atoms with Gasteiger partial charge < -0.3 is 14.5 Å². The number of nitrogens with zero attached hydrogens (tertiary/aromatic N) is 2. The molecule has 1 amide bonds. The number of fused-ring (bicyclic) bond motifs is 1. The molecule has 6 nitrogen and oxygen atoms in total. The van der Waals surface area contributed by atoms with Crippen LogP contribution in [0.4, 0.5) is 0 Å². The Morgan fingerprint density at radius 2 is 1.85 bits per heavy atom. The highest BCUT2D eigenvalue weighted by atomic mass is 16.2. The van der Waals surface area contributed by atoms with E-state index in [1.807, 2.05) is 36.4 Å². The number of rotatable bonds is 3. The molecule has 0 aliphatic carbocycles. The third kappa shape index (κ3) is 3.33. The van der Waals surface area contributed by atoms with Crippen LogP contribution in [0.15, 0.2) is 70.5 Å². The molecule has 1 aromatic carbocycles. The maximum Gasteiger partial charge on any atom is 0.263 e. The van der Waals surface area contributed by atoms with E-state index in [0.717, 1.165) is 11.1 Å². The number of hydrogen-bond donors (Lipinski definition) is 1. The minimum Gasteiger partial charge on any atom is -0.334 e. The monoisotopic (exact) mass is 361 g/mol. The number of H-pyrrole nitrogens is 1. The van der Waals surface area contributed by atoms with E-state index >= 15 is 0 Å². The first-order valence-corrected chi connectivity index (χ1v) is 8.85. The first-order valence-electron chi connectivity index (χ1n) is 8.85. The van der Waals surface area contributed by atoms with Gasteiger partial charge in [0.15, 0.2) is 0 Å². The van der Waals surface area contributed by atoms with Gasteiger partial charge in [0.2, 0.25) is 0 Å². The maximum atomic E-state index is 12.9. The smallest absolute Gasteiger partial charge is 0.263 e. The van der Waals surface area contributed by atoms with Crippen molar-refractivity contribution in [2.45, 2.75) is 19.5 Å². The molecule has 0 radical (unpaired) electrons. The van der Waals surface area contributed by atoms with E-state index in [1.54, 1.807) is 29.4 Å². The van der Waals surface area contributed by atoms with Gasteiger partial charge in [0.05, 0.1) is 13.1 Å². The van der Waals surface area contributed by atoms with Crippen LogP contribution in [0.5, 0.6) is 0 Å². The molecule has 1 N–H and O–H groups in total. The number of carbonyl (C=O) groups excluding carboxylic acids is 1. The summed E-state index contributed by atoms with van der Waals surface area (Å²) in [5.41, 5.74) is 2.17. The molecule has 136 valence electrons. The molecule has 2 aromatic heterocycles. The summed E-state index contributed by atoms with van der Waals surface area (Å²) in [7, 11) is 0. The molecule has 0 saturated heterocycles. The van der Waals surface area contributed by atoms with E-state index in [0.29, 0.717) is 25.1 Å². The van der Waals surface area contributed by atoms with Crippen molar-refractivity contribution >= 4 is 5.91 Å². The molecule has 1 aliphatic heterocycles. The zero-order valence-corrected chi connectivity index (χ0v) is 14.7. The second-order valence-electron chi connectivity index (χ2n) is 6.63. The predicted molar refractivity (Wildman–Crippen MR) is 102 cm³/mol. The summed E-state index contributed by atoms with van der Waals surface area (Å²) in [5.74, 6) is -0.337. The Balaban J connectivity index is 1.61. The second kappa shape index (κ2) is 7.07. The van der Waals surface area contributed by atoms with E-state index in [4.69, 9.17) is 0 Å². The molecule has 0 bridgehead atoms. The normalized spacial score (nSPS) is 13.3. The Bertz CT molecular complexity index is 1100. The minimum absolute atomic E-state index is 0.129. The standard InChI is InChI=1S/C21H19N3O3/c25-19-18-14-24(12-9-16(18)8-10-22-19)21(27)17-7-4-11-23(20(17)26)13-15-5-2-1-3-6-15/h1-8,10-11H,9,12-14H2,(H,22,25). The lowest BCUT2D eigenvalue weighted by molar-refractivity contribution is 0.0731. The molecule has 27 heavy (non-hydrogen) atoms. The first-order chi connectivity index (χ1) is 13.1. The zero-order valence-electron chi connectivity index (χ0n) is 14.7. The number of benzene rings is 1. The highest BCUT2D eigenvalue weighted by molar-refractivity contribution is 5.94. The highest BCUT2D eigenvalue weighted by Crippen LogP contribution is 2.16. The highest BCUT2D eigenvalue weighted by Gasteiger charge is 2.25. The van der Waals surface area contributed by atoms with Crippen molar-refractivity contribution in [2.75, 3.05) is 6.54 Å². The van der Waals surface area contributed by atoms with Crippen molar-refractivity contribution in [1.29, 1.82) is 0 Å². The lowest BCUT2D eigenvalue weighted by Gasteiger charge is -2.28. The summed E-state index contributed by atoms with van der Waals surface area (Å²) in [4.78, 5) is 42.0. The van der Waals surface area contributed by atoms with Crippen LogP contribution in [0.25, 0.3) is 0 Å². The topological polar surface area (TPSA) is 75.2 Å². The van der Waals surface area contributed by atoms with Gasteiger partial charge in [0.25, 0.3) is 17.0 Å². The Morgan fingerprint density at radius 3 is 2.67 bits per heavy atom. The molecular formula is C21H19N3O3. The predicted octanol–water partition coefficient (Wildman–Crippen LogP) is 1.78. The van der Waals surface area contributed by atoms with Gasteiger partial charge in [-0.05, 0) is 35.7 Å². The Hall–Kier alpha value is -3.41. The van der Waals surface area contributed by atoms with Crippen LogP contribution in [0.2, 0.25) is 0 Å². The molecule has 1 aliphatic rings. The van der Waals surface area contributed by atoms with E-state index in [1.165, 1.54) is 4.57 Å². The van der Waals surface area contributed by atoms with Crippen LogP contribution in [0, 0.1) is 0 Å². The average molecular weight is 361 g/mol. The maximum absolute atomic E-state index is 12.9. The van der Waals surface area contributed by atoms with Crippen LogP contribution in [0.1, 0.15) is 27.0 Å². The van der Waals surface area contributed by atoms with Crippen LogP contribution in [-0.4, -0.2) is 26.9 Å². The number of pyridine rings is 2. The van der Waals surface area contributed by atoms with Gasteiger partial charge in [-0.25, -0.2) is 0 Å². The molecule has 3 aromatic rings. The van der Waals surface area contributed by atoms with E-state index < -0.39 is 0 Å². The van der Waals surface area contributed by atoms with Crippen molar-refractivity contribution in [1.82, 2.24) is 14.5 Å². The lowest BCUT2D eigenvalue weighted by atomic mass is 10.0. The fourth-order valence-electron chi connectivity index (χ4n) is 3.43. The van der Waals surface area contributed by atoms with Crippen LogP contribution in [-0.2, 0) is 19.5 Å². The third-order valence-corrected chi connectivity index (χ3v) is 4.89. The molecule has 0 unspecified atom stereocenters. The number of aromatic amines is 1. The van der Waals surface area contributed by atoms with Crippen LogP contribution < -0.4 is 11.1 Å². The molecule has 3 heterocycles. The van der Waals surface area contributed by atoms with Gasteiger partial charge in [-0.15, -0.1) is 0 Å². The summed E-state index contributed by atoms with van der Waals surface area (Å²) in [5, 5.41) is 0. The number of carbonyl (C=O) groups is 1. The summed E-state index contributed by atoms with van der Waals surface area (Å²) in [6.45, 7) is 1.11. The van der Waals surface area contributed by atoms with E-state index in [2.05, 4.69) is 4.98 Å². The Morgan fingerprint density at radius 1 is 1.04 bits per heavy atom. The van der Waals surface area contributed by atoms with Crippen molar-refractivity contribution in [3.63, 3.8) is 0 Å². The van der Waals surface area contributed by atoms with Crippen LogP contribution in [0.3, 0.4) is 0 Å². The summed E-state index contributed by atoms with van der Waals surface area (Å²) in [6.07, 6.45) is 3.91. The fraction of sp³-hybridized carbons (Fsp3) is 0.190. The van der Waals surface area contributed by atoms with Crippen molar-refractivity contribution < 1.29 is 4.79 Å². The number of nitrogens with one attached hydrogen (secondary N) is 1. The van der Waals surface area contributed by atoms with Gasteiger partial charge in [0, 0.05) is 24.5 Å². The van der Waals surface area contributed by atoms with Crippen LogP contribution >= 0.6 is 0 Å². The van der Waals surface area contributed by atoms with Gasteiger partial charge in [-0.1, -0.05) is 30.3 Å². The third-order valence-electron chi connectivity index (χ3n) is 4.89. The quantitative estimate of drug-likeness (QED) is 0.773. The molecule has 0 saturated carbocycles.